The number of ether oxygens (including phenoxy) is 1. The van der Waals surface area contributed by atoms with Crippen molar-refractivity contribution in [2.75, 3.05) is 14.2 Å². The predicted molar refractivity (Wildman–Crippen MR) is 85.5 cm³/mol. The van der Waals surface area contributed by atoms with Crippen LogP contribution < -0.4 is 15.4 Å². The van der Waals surface area contributed by atoms with E-state index in [0.717, 1.165) is 0 Å². The standard InChI is InChI=1S/C15H21BrN2O3/c1-9(2)7-12(15(20)17-3)18-14(19)10-5-6-13(21-4)11(16)8-10/h5-6,8-9,12H,7H2,1-4H3,(H,17,20)(H,18,19). The SMILES string of the molecule is CNC(=O)C(CC(C)C)NC(=O)c1ccc(OC)c(Br)c1. The first kappa shape index (κ1) is 17.5. The number of rotatable bonds is 6. The van der Waals surface area contributed by atoms with Crippen molar-refractivity contribution in [1.29, 1.82) is 0 Å². The molecule has 1 atom stereocenters. The summed E-state index contributed by atoms with van der Waals surface area (Å²) in [5, 5.41) is 5.34. The minimum absolute atomic E-state index is 0.190. The Hall–Kier alpha value is -1.56. The number of carbonyl (C=O) groups excluding carboxylic acids is 2. The Labute approximate surface area is 133 Å². The Morgan fingerprint density at radius 2 is 2.00 bits per heavy atom. The third-order valence-corrected chi connectivity index (χ3v) is 3.61. The lowest BCUT2D eigenvalue weighted by molar-refractivity contribution is -0.122. The number of benzene rings is 1. The van der Waals surface area contributed by atoms with Crippen LogP contribution >= 0.6 is 15.9 Å². The molecule has 0 fully saturated rings. The third-order valence-electron chi connectivity index (χ3n) is 2.99. The van der Waals surface area contributed by atoms with Gasteiger partial charge in [-0.1, -0.05) is 13.8 Å². The first-order valence-corrected chi connectivity index (χ1v) is 7.54. The van der Waals surface area contributed by atoms with Crippen LogP contribution in [0, 0.1) is 5.92 Å². The minimum atomic E-state index is -0.539. The van der Waals surface area contributed by atoms with Crippen molar-refractivity contribution in [3.63, 3.8) is 0 Å². The molecule has 0 aliphatic carbocycles. The number of methoxy groups -OCH3 is 1. The van der Waals surface area contributed by atoms with Crippen LogP contribution in [0.25, 0.3) is 0 Å². The van der Waals surface area contributed by atoms with Crippen LogP contribution in [0.3, 0.4) is 0 Å². The molecule has 21 heavy (non-hydrogen) atoms. The van der Waals surface area contributed by atoms with Gasteiger partial charge in [0, 0.05) is 12.6 Å². The van der Waals surface area contributed by atoms with Gasteiger partial charge in [-0.15, -0.1) is 0 Å². The number of amides is 2. The highest BCUT2D eigenvalue weighted by Gasteiger charge is 2.21. The highest BCUT2D eigenvalue weighted by Crippen LogP contribution is 2.25. The molecular weight excluding hydrogens is 336 g/mol. The second kappa shape index (κ2) is 8.02. The Morgan fingerprint density at radius 1 is 1.33 bits per heavy atom. The van der Waals surface area contributed by atoms with Crippen molar-refractivity contribution in [1.82, 2.24) is 10.6 Å². The zero-order valence-electron chi connectivity index (χ0n) is 12.7. The number of hydrogen-bond donors (Lipinski definition) is 2. The molecular formula is C15H21BrN2O3. The van der Waals surface area contributed by atoms with E-state index in [9.17, 15) is 9.59 Å². The molecule has 2 N–H and O–H groups in total. The van der Waals surface area contributed by atoms with Crippen molar-refractivity contribution in [2.24, 2.45) is 5.92 Å². The Morgan fingerprint density at radius 3 is 2.48 bits per heavy atom. The van der Waals surface area contributed by atoms with Crippen LogP contribution in [0.15, 0.2) is 22.7 Å². The largest absolute Gasteiger partial charge is 0.496 e. The van der Waals surface area contributed by atoms with Crippen molar-refractivity contribution < 1.29 is 14.3 Å². The van der Waals surface area contributed by atoms with Crippen LogP contribution in [-0.4, -0.2) is 32.0 Å². The van der Waals surface area contributed by atoms with Gasteiger partial charge in [-0.2, -0.15) is 0 Å². The summed E-state index contributed by atoms with van der Waals surface area (Å²) in [6.07, 6.45) is 0.586. The molecule has 1 unspecified atom stereocenters. The van der Waals surface area contributed by atoms with Gasteiger partial charge >= 0.3 is 0 Å². The van der Waals surface area contributed by atoms with Crippen LogP contribution in [0.1, 0.15) is 30.6 Å². The highest BCUT2D eigenvalue weighted by molar-refractivity contribution is 9.10. The van der Waals surface area contributed by atoms with Crippen molar-refractivity contribution in [3.05, 3.63) is 28.2 Å². The summed E-state index contributed by atoms with van der Waals surface area (Å²) >= 11 is 3.34. The molecule has 0 radical (unpaired) electrons. The minimum Gasteiger partial charge on any atom is -0.496 e. The van der Waals surface area contributed by atoms with Crippen LogP contribution in [-0.2, 0) is 4.79 Å². The lowest BCUT2D eigenvalue weighted by atomic mass is 10.0. The number of nitrogens with one attached hydrogen (secondary N) is 2. The van der Waals surface area contributed by atoms with Gasteiger partial charge in [-0.25, -0.2) is 0 Å². The lowest BCUT2D eigenvalue weighted by Crippen LogP contribution is -2.46. The number of carbonyl (C=O) groups is 2. The molecule has 1 aromatic rings. The van der Waals surface area contributed by atoms with Gasteiger partial charge in [-0.05, 0) is 46.5 Å². The summed E-state index contributed by atoms with van der Waals surface area (Å²) in [7, 11) is 3.12. The second-order valence-corrected chi connectivity index (χ2v) is 5.97. The maximum atomic E-state index is 12.3. The van der Waals surface area contributed by atoms with Gasteiger partial charge < -0.3 is 15.4 Å². The molecule has 0 aliphatic rings. The van der Waals surface area contributed by atoms with E-state index < -0.39 is 6.04 Å². The first-order chi connectivity index (χ1) is 9.88. The molecule has 6 heteroatoms. The van der Waals surface area contributed by atoms with E-state index in [1.807, 2.05) is 13.8 Å². The molecule has 2 amide bonds. The fourth-order valence-corrected chi connectivity index (χ4v) is 2.47. The summed E-state index contributed by atoms with van der Waals surface area (Å²) in [6.45, 7) is 4.01. The molecule has 1 rings (SSSR count). The fourth-order valence-electron chi connectivity index (χ4n) is 1.93. The summed E-state index contributed by atoms with van der Waals surface area (Å²) in [5.74, 6) is 0.476. The van der Waals surface area contributed by atoms with E-state index in [2.05, 4.69) is 26.6 Å². The van der Waals surface area contributed by atoms with E-state index in [4.69, 9.17) is 4.74 Å². The molecule has 0 aliphatic heterocycles. The molecule has 116 valence electrons. The van der Waals surface area contributed by atoms with Crippen LogP contribution in [0.4, 0.5) is 0 Å². The Kier molecular flexibility index (Phi) is 6.68. The van der Waals surface area contributed by atoms with Gasteiger partial charge in [0.25, 0.3) is 5.91 Å². The molecule has 5 nitrogen and oxygen atoms in total. The molecule has 0 heterocycles. The molecule has 0 saturated carbocycles. The topological polar surface area (TPSA) is 67.4 Å². The van der Waals surface area contributed by atoms with E-state index in [1.54, 1.807) is 32.4 Å². The third kappa shape index (κ3) is 5.04. The van der Waals surface area contributed by atoms with E-state index in [1.165, 1.54) is 0 Å². The summed E-state index contributed by atoms with van der Waals surface area (Å²) in [4.78, 5) is 24.1. The van der Waals surface area contributed by atoms with Crippen LogP contribution in [0.5, 0.6) is 5.75 Å². The van der Waals surface area contributed by atoms with Gasteiger partial charge in [0.1, 0.15) is 11.8 Å². The smallest absolute Gasteiger partial charge is 0.251 e. The average Bonchev–Trinajstić information content (AvgIpc) is 2.44. The Bertz CT molecular complexity index is 518. The monoisotopic (exact) mass is 356 g/mol. The van der Waals surface area contributed by atoms with Crippen molar-refractivity contribution in [2.45, 2.75) is 26.3 Å². The zero-order chi connectivity index (χ0) is 16.0. The average molecular weight is 357 g/mol. The highest BCUT2D eigenvalue weighted by atomic mass is 79.9. The quantitative estimate of drug-likeness (QED) is 0.821. The summed E-state index contributed by atoms with van der Waals surface area (Å²) in [6, 6.07) is 4.50. The van der Waals surface area contributed by atoms with Gasteiger partial charge in [0.2, 0.25) is 5.91 Å². The lowest BCUT2D eigenvalue weighted by Gasteiger charge is -2.19. The van der Waals surface area contributed by atoms with Crippen molar-refractivity contribution in [3.8, 4) is 5.75 Å². The fraction of sp³-hybridized carbons (Fsp3) is 0.467. The van der Waals surface area contributed by atoms with Gasteiger partial charge in [0.15, 0.2) is 0 Å². The van der Waals surface area contributed by atoms with Gasteiger partial charge in [0.05, 0.1) is 11.6 Å². The predicted octanol–water partition coefficient (Wildman–Crippen LogP) is 2.35. The van der Waals surface area contributed by atoms with E-state index in [0.29, 0.717) is 28.1 Å². The second-order valence-electron chi connectivity index (χ2n) is 5.12. The summed E-state index contributed by atoms with van der Waals surface area (Å²) in [5.41, 5.74) is 0.473. The van der Waals surface area contributed by atoms with Crippen molar-refractivity contribution >= 4 is 27.7 Å². The maximum absolute atomic E-state index is 12.3. The molecule has 0 bridgehead atoms. The zero-order valence-corrected chi connectivity index (χ0v) is 14.3. The van der Waals surface area contributed by atoms with E-state index in [-0.39, 0.29) is 11.8 Å². The number of hydrogen-bond acceptors (Lipinski definition) is 3. The van der Waals surface area contributed by atoms with Crippen LogP contribution in [0.2, 0.25) is 0 Å². The van der Waals surface area contributed by atoms with E-state index >= 15 is 0 Å². The molecule has 0 aromatic heterocycles. The number of halogens is 1. The maximum Gasteiger partial charge on any atom is 0.251 e. The molecule has 1 aromatic carbocycles. The van der Waals surface area contributed by atoms with Gasteiger partial charge in [-0.3, -0.25) is 9.59 Å². The first-order valence-electron chi connectivity index (χ1n) is 6.75. The summed E-state index contributed by atoms with van der Waals surface area (Å²) < 4.78 is 5.82. The normalized spacial score (nSPS) is 11.9. The Balaban J connectivity index is 2.86. The molecule has 0 spiro atoms. The number of likely N-dealkylation sites (N-methyl/N-ethyl adjacent to an activating group) is 1. The molecule has 0 saturated heterocycles.